The molecule has 0 amide bonds. The molecule has 0 saturated heterocycles. The number of hydrogen-bond acceptors (Lipinski definition) is 2. The molecule has 1 heterocycles. The predicted molar refractivity (Wildman–Crippen MR) is 63.8 cm³/mol. The summed E-state index contributed by atoms with van der Waals surface area (Å²) in [6, 6.07) is 3.58. The van der Waals surface area contributed by atoms with Crippen LogP contribution < -0.4 is 0 Å². The van der Waals surface area contributed by atoms with Crippen LogP contribution in [0.5, 0.6) is 0 Å². The Bertz CT molecular complexity index is 391. The molecular weight excluding hydrogens is 226 g/mol. The van der Waals surface area contributed by atoms with Crippen molar-refractivity contribution in [1.82, 2.24) is 4.98 Å². The van der Waals surface area contributed by atoms with Crippen molar-refractivity contribution in [2.24, 2.45) is 5.92 Å². The molecule has 16 heavy (non-hydrogen) atoms. The summed E-state index contributed by atoms with van der Waals surface area (Å²) in [6.45, 7) is 5.82. The van der Waals surface area contributed by atoms with E-state index in [1.54, 1.807) is 6.07 Å². The van der Waals surface area contributed by atoms with E-state index in [2.05, 4.69) is 4.98 Å². The number of carboxylic acids is 1. The fourth-order valence-corrected chi connectivity index (χ4v) is 1.75. The molecular formula is C12H16ClNO2. The SMILES string of the molecule is Cc1nc(C(CC(=O)O)C(C)C)ccc1Cl. The zero-order chi connectivity index (χ0) is 12.3. The van der Waals surface area contributed by atoms with Gasteiger partial charge in [0.05, 0.1) is 17.1 Å². The number of halogens is 1. The van der Waals surface area contributed by atoms with Gasteiger partial charge in [-0.3, -0.25) is 9.78 Å². The number of nitrogens with zero attached hydrogens (tertiary/aromatic N) is 1. The van der Waals surface area contributed by atoms with Crippen LogP contribution in [0.3, 0.4) is 0 Å². The molecule has 0 aliphatic carbocycles. The van der Waals surface area contributed by atoms with Crippen molar-refractivity contribution in [2.75, 3.05) is 0 Å². The Kier molecular flexibility index (Phi) is 4.30. The largest absolute Gasteiger partial charge is 0.481 e. The molecule has 1 rings (SSSR count). The minimum absolute atomic E-state index is 0.0616. The summed E-state index contributed by atoms with van der Waals surface area (Å²) in [5.74, 6) is -0.620. The first kappa shape index (κ1) is 13.0. The van der Waals surface area contributed by atoms with E-state index >= 15 is 0 Å². The van der Waals surface area contributed by atoms with Crippen molar-refractivity contribution in [2.45, 2.75) is 33.1 Å². The first-order chi connectivity index (χ1) is 7.41. The van der Waals surface area contributed by atoms with Gasteiger partial charge >= 0.3 is 5.97 Å². The maximum absolute atomic E-state index is 10.8. The van der Waals surface area contributed by atoms with Crippen LogP contribution in [0.25, 0.3) is 0 Å². The Morgan fingerprint density at radius 2 is 2.12 bits per heavy atom. The molecule has 0 saturated carbocycles. The van der Waals surface area contributed by atoms with Crippen molar-refractivity contribution in [3.8, 4) is 0 Å². The minimum atomic E-state index is -0.798. The van der Waals surface area contributed by atoms with E-state index in [4.69, 9.17) is 16.7 Å². The maximum atomic E-state index is 10.8. The molecule has 0 radical (unpaired) electrons. The summed E-state index contributed by atoms with van der Waals surface area (Å²) in [7, 11) is 0. The molecule has 4 heteroatoms. The lowest BCUT2D eigenvalue weighted by Crippen LogP contribution is -2.14. The zero-order valence-electron chi connectivity index (χ0n) is 9.70. The number of carbonyl (C=O) groups is 1. The molecule has 0 spiro atoms. The van der Waals surface area contributed by atoms with Gasteiger partial charge in [-0.15, -0.1) is 0 Å². The van der Waals surface area contributed by atoms with E-state index in [0.29, 0.717) is 5.02 Å². The average Bonchev–Trinajstić information content (AvgIpc) is 2.18. The standard InChI is InChI=1S/C12H16ClNO2/c1-7(2)9(6-12(15)16)11-5-4-10(13)8(3)14-11/h4-5,7,9H,6H2,1-3H3,(H,15,16). The molecule has 1 N–H and O–H groups in total. The van der Waals surface area contributed by atoms with Crippen LogP contribution in [0, 0.1) is 12.8 Å². The third kappa shape index (κ3) is 3.20. The molecule has 1 atom stereocenters. The summed E-state index contributed by atoms with van der Waals surface area (Å²) in [5.41, 5.74) is 1.55. The molecule has 1 aromatic heterocycles. The molecule has 0 aliphatic rings. The lowest BCUT2D eigenvalue weighted by molar-refractivity contribution is -0.137. The van der Waals surface area contributed by atoms with E-state index in [-0.39, 0.29) is 18.3 Å². The topological polar surface area (TPSA) is 50.2 Å². The summed E-state index contributed by atoms with van der Waals surface area (Å²) in [4.78, 5) is 15.1. The summed E-state index contributed by atoms with van der Waals surface area (Å²) >= 11 is 5.89. The van der Waals surface area contributed by atoms with Gasteiger partial charge in [-0.25, -0.2) is 0 Å². The Balaban J connectivity index is 3.01. The van der Waals surface area contributed by atoms with E-state index in [1.165, 1.54) is 0 Å². The fourth-order valence-electron chi connectivity index (χ4n) is 1.64. The number of aryl methyl sites for hydroxylation is 1. The predicted octanol–water partition coefficient (Wildman–Crippen LogP) is 3.26. The van der Waals surface area contributed by atoms with Crippen LogP contribution >= 0.6 is 11.6 Å². The van der Waals surface area contributed by atoms with Crippen LogP contribution in [0.2, 0.25) is 5.02 Å². The highest BCUT2D eigenvalue weighted by Crippen LogP contribution is 2.28. The van der Waals surface area contributed by atoms with Gasteiger partial charge in [0.2, 0.25) is 0 Å². The highest BCUT2D eigenvalue weighted by atomic mass is 35.5. The van der Waals surface area contributed by atoms with Crippen LogP contribution in [0.4, 0.5) is 0 Å². The second-order valence-corrected chi connectivity index (χ2v) is 4.66. The number of carboxylic acid groups (broad SMARTS) is 1. The zero-order valence-corrected chi connectivity index (χ0v) is 10.5. The molecule has 88 valence electrons. The van der Waals surface area contributed by atoms with Gasteiger partial charge in [-0.1, -0.05) is 25.4 Å². The van der Waals surface area contributed by atoms with Crippen molar-refractivity contribution in [1.29, 1.82) is 0 Å². The fraction of sp³-hybridized carbons (Fsp3) is 0.500. The Hall–Kier alpha value is -1.09. The summed E-state index contributed by atoms with van der Waals surface area (Å²) in [6.07, 6.45) is 0.103. The monoisotopic (exact) mass is 241 g/mol. The van der Waals surface area contributed by atoms with Gasteiger partial charge in [-0.05, 0) is 25.0 Å². The van der Waals surface area contributed by atoms with Crippen molar-refractivity contribution in [3.05, 3.63) is 28.5 Å². The lowest BCUT2D eigenvalue weighted by atomic mass is 9.89. The van der Waals surface area contributed by atoms with Crippen molar-refractivity contribution >= 4 is 17.6 Å². The Morgan fingerprint density at radius 1 is 1.50 bits per heavy atom. The number of rotatable bonds is 4. The van der Waals surface area contributed by atoms with Crippen LogP contribution in [-0.2, 0) is 4.79 Å². The van der Waals surface area contributed by atoms with Crippen molar-refractivity contribution < 1.29 is 9.90 Å². The highest BCUT2D eigenvalue weighted by Gasteiger charge is 2.20. The van der Waals surface area contributed by atoms with E-state index in [9.17, 15) is 4.79 Å². The molecule has 1 aromatic rings. The first-order valence-electron chi connectivity index (χ1n) is 5.26. The number of aromatic nitrogens is 1. The van der Waals surface area contributed by atoms with Gasteiger partial charge in [0, 0.05) is 11.6 Å². The van der Waals surface area contributed by atoms with Gasteiger partial charge in [0.25, 0.3) is 0 Å². The molecule has 0 fully saturated rings. The van der Waals surface area contributed by atoms with Gasteiger partial charge in [-0.2, -0.15) is 0 Å². The number of aliphatic carboxylic acids is 1. The third-order valence-corrected chi connectivity index (χ3v) is 3.02. The van der Waals surface area contributed by atoms with Crippen LogP contribution in [-0.4, -0.2) is 16.1 Å². The molecule has 3 nitrogen and oxygen atoms in total. The minimum Gasteiger partial charge on any atom is -0.481 e. The molecule has 0 aliphatic heterocycles. The average molecular weight is 242 g/mol. The summed E-state index contributed by atoms with van der Waals surface area (Å²) < 4.78 is 0. The third-order valence-electron chi connectivity index (χ3n) is 2.62. The highest BCUT2D eigenvalue weighted by molar-refractivity contribution is 6.31. The van der Waals surface area contributed by atoms with E-state index in [1.807, 2.05) is 26.8 Å². The van der Waals surface area contributed by atoms with Crippen molar-refractivity contribution in [3.63, 3.8) is 0 Å². The quantitative estimate of drug-likeness (QED) is 0.880. The second kappa shape index (κ2) is 5.30. The van der Waals surface area contributed by atoms with E-state index in [0.717, 1.165) is 11.4 Å². The molecule has 0 aromatic carbocycles. The van der Waals surface area contributed by atoms with Gasteiger partial charge < -0.3 is 5.11 Å². The lowest BCUT2D eigenvalue weighted by Gasteiger charge is -2.18. The van der Waals surface area contributed by atoms with Gasteiger partial charge in [0.15, 0.2) is 0 Å². The van der Waals surface area contributed by atoms with E-state index < -0.39 is 5.97 Å². The Labute approximate surface area is 100 Å². The van der Waals surface area contributed by atoms with Crippen LogP contribution in [0.1, 0.15) is 37.6 Å². The Morgan fingerprint density at radius 3 is 2.56 bits per heavy atom. The normalized spacial score (nSPS) is 12.8. The number of pyridine rings is 1. The first-order valence-corrected chi connectivity index (χ1v) is 5.64. The summed E-state index contributed by atoms with van der Waals surface area (Å²) in [5, 5.41) is 9.48. The molecule has 0 bridgehead atoms. The van der Waals surface area contributed by atoms with Crippen LogP contribution in [0.15, 0.2) is 12.1 Å². The van der Waals surface area contributed by atoms with Gasteiger partial charge in [0.1, 0.15) is 0 Å². The maximum Gasteiger partial charge on any atom is 0.304 e. The second-order valence-electron chi connectivity index (χ2n) is 4.25. The number of hydrogen-bond donors (Lipinski definition) is 1. The molecule has 1 unspecified atom stereocenters. The smallest absolute Gasteiger partial charge is 0.304 e.